The summed E-state index contributed by atoms with van der Waals surface area (Å²) in [6.07, 6.45) is 5.87. The fourth-order valence-electron chi connectivity index (χ4n) is 0.984. The van der Waals surface area contributed by atoms with E-state index in [9.17, 15) is 0 Å². The van der Waals surface area contributed by atoms with E-state index in [1.807, 2.05) is 37.0 Å². The fraction of sp³-hybridized carbons (Fsp3) is 0. The first-order chi connectivity index (χ1) is 4.97. The molecule has 2 rings (SSSR count). The van der Waals surface area contributed by atoms with Gasteiger partial charge in [0.1, 0.15) is 0 Å². The zero-order valence-electron chi connectivity index (χ0n) is 6.57. The molecule has 1 aliphatic heterocycles. The predicted molar refractivity (Wildman–Crippen MR) is 38.9 cm³/mol. The molecule has 3 heteroatoms. The zero-order chi connectivity index (χ0) is 6.81. The fourth-order valence-corrected chi connectivity index (χ4v) is 0.984. The summed E-state index contributed by atoms with van der Waals surface area (Å²) in [5.41, 5.74) is 4.19. The minimum atomic E-state index is 0. The van der Waals surface area contributed by atoms with Crippen molar-refractivity contribution in [1.29, 1.82) is 0 Å². The van der Waals surface area contributed by atoms with E-state index in [4.69, 9.17) is 0 Å². The molecule has 1 nitrogen and oxygen atoms in total. The van der Waals surface area contributed by atoms with E-state index in [1.54, 1.807) is 0 Å². The Hall–Kier alpha value is -0.227. The van der Waals surface area contributed by atoms with Crippen LogP contribution in [0.4, 0.5) is 0 Å². The van der Waals surface area contributed by atoms with E-state index in [-0.39, 0.29) is 36.5 Å². The zero-order valence-corrected chi connectivity index (χ0v) is 11.1. The maximum atomic E-state index is 3.01. The Kier molecular flexibility index (Phi) is 5.32. The van der Waals surface area contributed by atoms with Crippen molar-refractivity contribution in [1.82, 2.24) is 0 Å². The molecule has 0 bridgehead atoms. The second-order valence-corrected chi connectivity index (χ2v) is 2.16. The molecule has 1 aromatic heterocycles. The van der Waals surface area contributed by atoms with E-state index < -0.39 is 0 Å². The van der Waals surface area contributed by atoms with Crippen molar-refractivity contribution in [2.75, 3.05) is 0 Å². The van der Waals surface area contributed by atoms with Crippen LogP contribution in [0.25, 0.3) is 6.08 Å². The van der Waals surface area contributed by atoms with Gasteiger partial charge in [-0.2, -0.15) is 4.57 Å². The number of fused-ring (bicyclic) bond motifs is 1. The van der Waals surface area contributed by atoms with Crippen LogP contribution < -0.4 is 21.5 Å². The van der Waals surface area contributed by atoms with Gasteiger partial charge in [-0.25, -0.2) is 0 Å². The monoisotopic (exact) mass is 272 g/mol. The number of hydrogen-bond donors (Lipinski definition) is 0. The molecule has 0 saturated carbocycles. The van der Waals surface area contributed by atoms with Crippen molar-refractivity contribution in [3.05, 3.63) is 48.4 Å². The van der Waals surface area contributed by atoms with Crippen LogP contribution in [-0.4, -0.2) is 0 Å². The van der Waals surface area contributed by atoms with E-state index in [0.29, 0.717) is 0 Å². The average Bonchev–Trinajstić information content (AvgIpc) is 2.05. The minimum Gasteiger partial charge on any atom is -1.00 e. The molecule has 0 aliphatic carbocycles. The molecule has 0 atom stereocenters. The molecular formula is C9H7BrNZn. The van der Waals surface area contributed by atoms with Gasteiger partial charge in [0.05, 0.1) is 6.08 Å². The molecule has 0 unspecified atom stereocenters. The maximum Gasteiger partial charge on any atom is 0.250 e. The van der Waals surface area contributed by atoms with Crippen molar-refractivity contribution in [3.63, 3.8) is 0 Å². The molecular weight excluding hydrogens is 267 g/mol. The van der Waals surface area contributed by atoms with Crippen molar-refractivity contribution in [3.8, 4) is 0 Å². The first kappa shape index (κ1) is 11.8. The number of allylic oxidation sites excluding steroid dienone is 1. The summed E-state index contributed by atoms with van der Waals surface area (Å²) in [5.74, 6) is 0. The second kappa shape index (κ2) is 5.42. The van der Waals surface area contributed by atoms with Crippen LogP contribution in [0.2, 0.25) is 0 Å². The van der Waals surface area contributed by atoms with E-state index in [2.05, 4.69) is 16.4 Å². The predicted octanol–water partition coefficient (Wildman–Crippen LogP) is -1.83. The largest absolute Gasteiger partial charge is 1.00 e. The first-order valence-corrected chi connectivity index (χ1v) is 3.23. The standard InChI is InChI=1S/C9H7N.BrH.Zn/c1-3-7-10-8-4-2-6-9(10)5-1;;/h1,3-8H;1H;/q+1;;/p-1. The second-order valence-electron chi connectivity index (χ2n) is 2.16. The average molecular weight is 274 g/mol. The smallest absolute Gasteiger partial charge is 0.250 e. The molecule has 0 amide bonds. The van der Waals surface area contributed by atoms with Gasteiger partial charge in [-0.3, -0.25) is 0 Å². The maximum absolute atomic E-state index is 3.01. The number of halogens is 1. The molecule has 0 fully saturated rings. The van der Waals surface area contributed by atoms with E-state index in [1.165, 1.54) is 5.69 Å². The summed E-state index contributed by atoms with van der Waals surface area (Å²) in [6, 6.07) is 6.08. The molecule has 0 saturated heterocycles. The van der Waals surface area contributed by atoms with Crippen LogP contribution in [0.1, 0.15) is 5.69 Å². The van der Waals surface area contributed by atoms with Gasteiger partial charge in [0.25, 0.3) is 0 Å². The van der Waals surface area contributed by atoms with E-state index >= 15 is 0 Å². The number of aromatic nitrogens is 1. The Balaban J connectivity index is 0.000000605. The molecule has 0 spiro atoms. The molecule has 0 N–H and O–H groups in total. The molecule has 0 aromatic carbocycles. The van der Waals surface area contributed by atoms with Gasteiger partial charge >= 0.3 is 0 Å². The Labute approximate surface area is 95.3 Å². The number of rotatable bonds is 0. The molecule has 1 radical (unpaired) electrons. The van der Waals surface area contributed by atoms with Gasteiger partial charge in [0.2, 0.25) is 12.2 Å². The van der Waals surface area contributed by atoms with Crippen LogP contribution in [-0.2, 0) is 19.5 Å². The molecule has 57 valence electrons. The van der Waals surface area contributed by atoms with Crippen LogP contribution in [0.5, 0.6) is 0 Å². The van der Waals surface area contributed by atoms with E-state index in [0.717, 1.165) is 0 Å². The summed E-state index contributed by atoms with van der Waals surface area (Å²) in [5, 5.41) is 0. The first-order valence-electron chi connectivity index (χ1n) is 3.23. The van der Waals surface area contributed by atoms with Crippen LogP contribution in [0.3, 0.4) is 0 Å². The van der Waals surface area contributed by atoms with Gasteiger partial charge < -0.3 is 17.0 Å². The topological polar surface area (TPSA) is 3.88 Å². The summed E-state index contributed by atoms with van der Waals surface area (Å²) < 4.78 is 2.05. The van der Waals surface area contributed by atoms with Crippen molar-refractivity contribution < 1.29 is 41.0 Å². The Bertz CT molecular complexity index is 316. The van der Waals surface area contributed by atoms with Gasteiger partial charge in [-0.1, -0.05) is 0 Å². The number of nitrogens with zero attached hydrogens (tertiary/aromatic N) is 1. The van der Waals surface area contributed by atoms with Gasteiger partial charge in [-0.15, -0.1) is 5.73 Å². The number of hydrogen-bond acceptors (Lipinski definition) is 0. The van der Waals surface area contributed by atoms with Crippen molar-refractivity contribution >= 4 is 6.08 Å². The Morgan fingerprint density at radius 1 is 1.25 bits per heavy atom. The van der Waals surface area contributed by atoms with Crippen molar-refractivity contribution in [2.45, 2.75) is 0 Å². The Morgan fingerprint density at radius 2 is 2.08 bits per heavy atom. The third-order valence-electron chi connectivity index (χ3n) is 1.49. The molecule has 1 aromatic rings. The third kappa shape index (κ3) is 2.38. The minimum absolute atomic E-state index is 0. The normalized spacial score (nSPS) is 11.0. The Morgan fingerprint density at radius 3 is 2.83 bits per heavy atom. The molecule has 2 heterocycles. The van der Waals surface area contributed by atoms with Crippen LogP contribution in [0, 0.1) is 6.54 Å². The quantitative estimate of drug-likeness (QED) is 0.298. The summed E-state index contributed by atoms with van der Waals surface area (Å²) in [6.45, 7) is 1.98. The van der Waals surface area contributed by atoms with Gasteiger partial charge in [-0.05, 0) is 6.07 Å². The van der Waals surface area contributed by atoms with Gasteiger partial charge in [0, 0.05) is 37.7 Å². The molecule has 1 aliphatic rings. The SMILES string of the molecule is C1=C[CH][n+]2ccccc2C=1.[Br-].[Zn]. The summed E-state index contributed by atoms with van der Waals surface area (Å²) in [4.78, 5) is 0. The van der Waals surface area contributed by atoms with Crippen LogP contribution in [0.15, 0.2) is 36.2 Å². The van der Waals surface area contributed by atoms with Gasteiger partial charge in [0.15, 0.2) is 6.20 Å². The van der Waals surface area contributed by atoms with Crippen LogP contribution >= 0.6 is 0 Å². The number of pyridine rings is 1. The van der Waals surface area contributed by atoms with Crippen molar-refractivity contribution in [2.24, 2.45) is 0 Å². The third-order valence-corrected chi connectivity index (χ3v) is 1.49. The summed E-state index contributed by atoms with van der Waals surface area (Å²) in [7, 11) is 0. The molecule has 12 heavy (non-hydrogen) atoms. The summed E-state index contributed by atoms with van der Waals surface area (Å²) >= 11 is 0.